The van der Waals surface area contributed by atoms with Crippen LogP contribution in [0.25, 0.3) is 0 Å². The van der Waals surface area contributed by atoms with E-state index >= 15 is 0 Å². The van der Waals surface area contributed by atoms with Crippen molar-refractivity contribution in [2.75, 3.05) is 7.11 Å². The average Bonchev–Trinajstić information content (AvgIpc) is 2.20. The fourth-order valence-electron chi connectivity index (χ4n) is 0.991. The van der Waals surface area contributed by atoms with Gasteiger partial charge in [0.05, 0.1) is 18.9 Å². The van der Waals surface area contributed by atoms with Gasteiger partial charge in [0.1, 0.15) is 0 Å². The molecule has 5 nitrogen and oxygen atoms in total. The molecule has 80 valence electrons. The molecule has 0 atom stereocenters. The van der Waals surface area contributed by atoms with Crippen molar-refractivity contribution in [2.24, 2.45) is 10.8 Å². The Hall–Kier alpha value is -1.20. The third kappa shape index (κ3) is 4.12. The SMILES string of the molecule is COc1cccc(C=NNC(N)=S)c1[OH2+].[Zn+2]. The molecule has 0 radical (unpaired) electrons. The molecule has 5 N–H and O–H groups in total. The van der Waals surface area contributed by atoms with Gasteiger partial charge in [-0.15, -0.1) is 0 Å². The van der Waals surface area contributed by atoms with Gasteiger partial charge in [0.25, 0.3) is 0 Å². The van der Waals surface area contributed by atoms with Crippen LogP contribution in [0.5, 0.6) is 11.5 Å². The summed E-state index contributed by atoms with van der Waals surface area (Å²) in [6.45, 7) is 0. The Kier molecular flexibility index (Phi) is 6.60. The standard InChI is InChI=1S/C9H11N3O2S.Zn/c1-14-7-4-2-3-6(8(7)13)5-11-12-9(10)15;/h2-5,13H,1H3,(H3,10,12,15);/q;+2/p+1. The summed E-state index contributed by atoms with van der Waals surface area (Å²) in [7, 11) is 1.52. The Balaban J connectivity index is 0.00000225. The van der Waals surface area contributed by atoms with E-state index < -0.39 is 0 Å². The van der Waals surface area contributed by atoms with E-state index in [0.717, 1.165) is 0 Å². The van der Waals surface area contributed by atoms with Crippen molar-refractivity contribution >= 4 is 23.5 Å². The first-order chi connectivity index (χ1) is 7.15. The van der Waals surface area contributed by atoms with Gasteiger partial charge in [-0.2, -0.15) is 5.10 Å². The third-order valence-corrected chi connectivity index (χ3v) is 1.75. The van der Waals surface area contributed by atoms with Crippen LogP contribution < -0.4 is 15.9 Å². The summed E-state index contributed by atoms with van der Waals surface area (Å²) in [6, 6.07) is 5.23. The van der Waals surface area contributed by atoms with Crippen LogP contribution in [0.4, 0.5) is 0 Å². The maximum atomic E-state index is 7.72. The van der Waals surface area contributed by atoms with Crippen LogP contribution in [0, 0.1) is 0 Å². The van der Waals surface area contributed by atoms with Gasteiger partial charge in [-0.25, -0.2) is 0 Å². The van der Waals surface area contributed by atoms with Gasteiger partial charge in [0, 0.05) is 0 Å². The molecule has 16 heavy (non-hydrogen) atoms. The minimum Gasteiger partial charge on any atom is -0.590 e. The second-order valence-electron chi connectivity index (χ2n) is 2.66. The normalized spacial score (nSPS) is 9.56. The van der Waals surface area contributed by atoms with E-state index in [4.69, 9.17) is 15.6 Å². The summed E-state index contributed by atoms with van der Waals surface area (Å²) in [5.74, 6) is 0.766. The van der Waals surface area contributed by atoms with Gasteiger partial charge in [-0.1, -0.05) is 6.07 Å². The smallest absolute Gasteiger partial charge is 0.590 e. The number of nitrogens with zero attached hydrogens (tertiary/aromatic N) is 1. The van der Waals surface area contributed by atoms with Crippen molar-refractivity contribution in [2.45, 2.75) is 0 Å². The molecule has 0 bridgehead atoms. The predicted molar refractivity (Wildman–Crippen MR) is 63.6 cm³/mol. The van der Waals surface area contributed by atoms with Gasteiger partial charge in [-0.3, -0.25) is 5.43 Å². The number of hydrazone groups is 1. The molecule has 1 rings (SSSR count). The van der Waals surface area contributed by atoms with E-state index in [-0.39, 0.29) is 30.3 Å². The molecule has 0 aliphatic heterocycles. The van der Waals surface area contributed by atoms with Crippen molar-refractivity contribution in [3.8, 4) is 11.5 Å². The van der Waals surface area contributed by atoms with Crippen molar-refractivity contribution in [3.05, 3.63) is 23.8 Å². The van der Waals surface area contributed by atoms with Gasteiger partial charge in [0.2, 0.25) is 5.75 Å². The first kappa shape index (κ1) is 14.8. The number of nitrogens with one attached hydrogen (secondary N) is 1. The maximum absolute atomic E-state index is 7.72. The van der Waals surface area contributed by atoms with Crippen LogP contribution in [0.15, 0.2) is 23.3 Å². The minimum atomic E-state index is 0. The number of hydrogen-bond donors (Lipinski definition) is 2. The molecule has 7 heteroatoms. The van der Waals surface area contributed by atoms with Gasteiger partial charge in [0.15, 0.2) is 5.11 Å². The third-order valence-electron chi connectivity index (χ3n) is 1.66. The molecule has 1 aromatic carbocycles. The molecule has 0 saturated carbocycles. The molecule has 0 aliphatic carbocycles. The van der Waals surface area contributed by atoms with E-state index in [1.807, 2.05) is 0 Å². The Morgan fingerprint density at radius 1 is 1.62 bits per heavy atom. The minimum absolute atomic E-state index is 0. The summed E-state index contributed by atoms with van der Waals surface area (Å²) in [5, 5.41) is 11.6. The first-order valence-corrected chi connectivity index (χ1v) is 4.53. The number of benzene rings is 1. The van der Waals surface area contributed by atoms with E-state index in [1.54, 1.807) is 18.2 Å². The molecule has 0 aromatic heterocycles. The van der Waals surface area contributed by atoms with Crippen LogP contribution >= 0.6 is 12.2 Å². The zero-order chi connectivity index (χ0) is 11.3. The Morgan fingerprint density at radius 3 is 2.88 bits per heavy atom. The summed E-state index contributed by atoms with van der Waals surface area (Å²) in [6.07, 6.45) is 1.46. The fraction of sp³-hybridized carbons (Fsp3) is 0.111. The van der Waals surface area contributed by atoms with Crippen molar-refractivity contribution in [1.82, 2.24) is 5.43 Å². The molecule has 0 spiro atoms. The second kappa shape index (κ2) is 7.14. The van der Waals surface area contributed by atoms with Gasteiger partial charge < -0.3 is 15.6 Å². The van der Waals surface area contributed by atoms with Crippen LogP contribution in [0.2, 0.25) is 0 Å². The van der Waals surface area contributed by atoms with Gasteiger partial charge >= 0.3 is 25.2 Å². The zero-order valence-corrected chi connectivity index (χ0v) is 12.6. The number of thiocarbonyl (C=S) groups is 1. The van der Waals surface area contributed by atoms with Crippen LogP contribution in [0.1, 0.15) is 5.56 Å². The second-order valence-corrected chi connectivity index (χ2v) is 3.10. The maximum Gasteiger partial charge on any atom is 2.00 e. The summed E-state index contributed by atoms with van der Waals surface area (Å²) < 4.78 is 4.99. The molecule has 0 amide bonds. The Morgan fingerprint density at radius 2 is 2.31 bits per heavy atom. The fourth-order valence-corrected chi connectivity index (χ4v) is 1.04. The topological polar surface area (TPSA) is 82.5 Å². The zero-order valence-electron chi connectivity index (χ0n) is 8.86. The summed E-state index contributed by atoms with van der Waals surface area (Å²) >= 11 is 4.57. The molecule has 0 heterocycles. The largest absolute Gasteiger partial charge is 2.00 e. The number of para-hydroxylation sites is 1. The van der Waals surface area contributed by atoms with Crippen LogP contribution in [0.3, 0.4) is 0 Å². The summed E-state index contributed by atoms with van der Waals surface area (Å²) in [5.41, 5.74) is 8.22. The number of ether oxygens (including phenoxy) is 1. The van der Waals surface area contributed by atoms with Crippen LogP contribution in [-0.2, 0) is 19.5 Å². The molecule has 0 saturated heterocycles. The van der Waals surface area contributed by atoms with Crippen LogP contribution in [-0.4, -0.2) is 23.5 Å². The van der Waals surface area contributed by atoms with Crippen molar-refractivity contribution in [1.29, 1.82) is 0 Å². The molecule has 1 aromatic rings. The first-order valence-electron chi connectivity index (χ1n) is 4.12. The van der Waals surface area contributed by atoms with E-state index in [1.165, 1.54) is 13.3 Å². The van der Waals surface area contributed by atoms with E-state index in [9.17, 15) is 0 Å². The van der Waals surface area contributed by atoms with E-state index in [0.29, 0.717) is 11.3 Å². The number of rotatable bonds is 3. The summed E-state index contributed by atoms with van der Waals surface area (Å²) in [4.78, 5) is 0. The molecular weight excluding hydrogens is 280 g/mol. The molecule has 0 aliphatic rings. The van der Waals surface area contributed by atoms with Crippen molar-refractivity contribution < 1.29 is 29.3 Å². The quantitative estimate of drug-likeness (QED) is 0.276. The van der Waals surface area contributed by atoms with E-state index in [2.05, 4.69) is 22.7 Å². The number of nitrogens with two attached hydrogens (primary N) is 1. The number of methoxy groups -OCH3 is 1. The molecule has 0 fully saturated rings. The Labute approximate surface area is 111 Å². The molecule has 0 unspecified atom stereocenters. The number of hydrogen-bond acceptors (Lipinski definition) is 3. The molecular formula is C9H12N3O2SZn+3. The monoisotopic (exact) mass is 290 g/mol. The van der Waals surface area contributed by atoms with Gasteiger partial charge in [-0.05, 0) is 24.4 Å². The Bertz CT molecular complexity index is 398. The predicted octanol–water partition coefficient (Wildman–Crippen LogP) is 0.298. The average molecular weight is 292 g/mol. The van der Waals surface area contributed by atoms with Crippen molar-refractivity contribution in [3.63, 3.8) is 0 Å².